The largest absolute Gasteiger partial charge is 0.348 e. The van der Waals surface area contributed by atoms with Crippen LogP contribution in [0.4, 0.5) is 0 Å². The molecule has 0 aliphatic heterocycles. The molecule has 0 fully saturated rings. The lowest BCUT2D eigenvalue weighted by Gasteiger charge is -2.16. The molecule has 0 aliphatic rings. The molecular weight excluding hydrogens is 352 g/mol. The van der Waals surface area contributed by atoms with Crippen LogP contribution >= 0.6 is 11.6 Å². The zero-order valence-corrected chi connectivity index (χ0v) is 15.4. The van der Waals surface area contributed by atoms with Gasteiger partial charge in [0.1, 0.15) is 10.7 Å². The standard InChI is InChI=1S/C19H19ClN4O2/c1-19(2,3)16-13(21-10-22-16)9-15-18(26)23-14(17(25)24-15)8-11-5-4-6-12(20)7-11/h4-10H,1-3H3,(H,21,22)(H,23,26)(H,24,25)/b14-8+,15-9+. The monoisotopic (exact) mass is 370 g/mol. The molecule has 0 atom stereocenters. The lowest BCUT2D eigenvalue weighted by Crippen LogP contribution is -2.46. The molecule has 2 aromatic heterocycles. The summed E-state index contributed by atoms with van der Waals surface area (Å²) in [7, 11) is 0. The SMILES string of the molecule is CC(C)(C)c1[nH]cnc1/C=c1/[nH]c(=O)/c(=C\c2cccc(Cl)c2)[nH]c1=O. The van der Waals surface area contributed by atoms with Gasteiger partial charge in [0, 0.05) is 16.1 Å². The molecule has 3 aromatic rings. The van der Waals surface area contributed by atoms with Crippen molar-refractivity contribution in [1.29, 1.82) is 0 Å². The fraction of sp³-hybridized carbons (Fsp3) is 0.211. The molecule has 1 aromatic carbocycles. The molecule has 0 saturated carbocycles. The van der Waals surface area contributed by atoms with Gasteiger partial charge >= 0.3 is 0 Å². The van der Waals surface area contributed by atoms with Gasteiger partial charge in [0.05, 0.1) is 12.0 Å². The summed E-state index contributed by atoms with van der Waals surface area (Å²) in [6, 6.07) is 7.01. The van der Waals surface area contributed by atoms with Crippen LogP contribution in [0.15, 0.2) is 40.2 Å². The van der Waals surface area contributed by atoms with Crippen LogP contribution in [0, 0.1) is 0 Å². The zero-order chi connectivity index (χ0) is 18.9. The maximum absolute atomic E-state index is 12.4. The Balaban J connectivity index is 2.14. The van der Waals surface area contributed by atoms with E-state index in [0.717, 1.165) is 11.3 Å². The van der Waals surface area contributed by atoms with Gasteiger partial charge < -0.3 is 15.0 Å². The van der Waals surface area contributed by atoms with Crippen LogP contribution in [-0.4, -0.2) is 19.9 Å². The van der Waals surface area contributed by atoms with E-state index in [9.17, 15) is 9.59 Å². The Morgan fingerprint density at radius 2 is 1.69 bits per heavy atom. The lowest BCUT2D eigenvalue weighted by atomic mass is 9.90. The number of nitrogens with one attached hydrogen (secondary N) is 3. The molecule has 0 radical (unpaired) electrons. The minimum atomic E-state index is -0.402. The second kappa shape index (κ2) is 6.80. The van der Waals surface area contributed by atoms with Crippen LogP contribution in [-0.2, 0) is 5.41 Å². The third-order valence-corrected chi connectivity index (χ3v) is 4.08. The highest BCUT2D eigenvalue weighted by Gasteiger charge is 2.19. The first-order valence-electron chi connectivity index (χ1n) is 8.09. The molecular formula is C19H19ClN4O2. The van der Waals surface area contributed by atoms with Gasteiger partial charge in [-0.2, -0.15) is 0 Å². The molecule has 0 saturated heterocycles. The second-order valence-corrected chi connectivity index (χ2v) is 7.43. The van der Waals surface area contributed by atoms with E-state index in [4.69, 9.17) is 11.6 Å². The van der Waals surface area contributed by atoms with E-state index >= 15 is 0 Å². The van der Waals surface area contributed by atoms with E-state index in [2.05, 4.69) is 19.9 Å². The molecule has 26 heavy (non-hydrogen) atoms. The van der Waals surface area contributed by atoms with Gasteiger partial charge in [0.25, 0.3) is 11.1 Å². The molecule has 7 heteroatoms. The normalized spacial score (nSPS) is 13.4. The molecule has 2 heterocycles. The highest BCUT2D eigenvalue weighted by atomic mass is 35.5. The number of benzene rings is 1. The maximum Gasteiger partial charge on any atom is 0.272 e. The number of imidazole rings is 1. The first-order chi connectivity index (χ1) is 12.2. The van der Waals surface area contributed by atoms with Crippen molar-refractivity contribution < 1.29 is 0 Å². The number of halogens is 1. The second-order valence-electron chi connectivity index (χ2n) is 6.99. The molecule has 0 bridgehead atoms. The van der Waals surface area contributed by atoms with Gasteiger partial charge in [0.2, 0.25) is 0 Å². The fourth-order valence-corrected chi connectivity index (χ4v) is 2.81. The molecule has 3 rings (SSSR count). The van der Waals surface area contributed by atoms with Crippen LogP contribution in [0.5, 0.6) is 0 Å². The van der Waals surface area contributed by atoms with Crippen molar-refractivity contribution in [3.8, 4) is 0 Å². The molecule has 0 spiro atoms. The summed E-state index contributed by atoms with van der Waals surface area (Å²) in [5.41, 5.74) is 1.25. The third kappa shape index (κ3) is 3.86. The quantitative estimate of drug-likeness (QED) is 0.636. The lowest BCUT2D eigenvalue weighted by molar-refractivity contribution is 0.571. The highest BCUT2D eigenvalue weighted by Crippen LogP contribution is 2.22. The predicted octanol–water partition coefficient (Wildman–Crippen LogP) is 1.39. The fourth-order valence-electron chi connectivity index (χ4n) is 2.61. The van der Waals surface area contributed by atoms with E-state index in [0.29, 0.717) is 10.7 Å². The van der Waals surface area contributed by atoms with E-state index in [1.165, 1.54) is 0 Å². The van der Waals surface area contributed by atoms with Crippen molar-refractivity contribution in [3.63, 3.8) is 0 Å². The molecule has 6 nitrogen and oxygen atoms in total. The van der Waals surface area contributed by atoms with Crippen molar-refractivity contribution >= 4 is 23.8 Å². The van der Waals surface area contributed by atoms with Gasteiger partial charge in [-0.25, -0.2) is 4.98 Å². The Kier molecular flexibility index (Phi) is 4.70. The van der Waals surface area contributed by atoms with Crippen molar-refractivity contribution in [2.75, 3.05) is 0 Å². The van der Waals surface area contributed by atoms with E-state index < -0.39 is 11.1 Å². The van der Waals surface area contributed by atoms with E-state index in [1.54, 1.807) is 42.7 Å². The molecule has 3 N–H and O–H groups in total. The smallest absolute Gasteiger partial charge is 0.272 e. The van der Waals surface area contributed by atoms with Crippen molar-refractivity contribution in [2.45, 2.75) is 26.2 Å². The Morgan fingerprint density at radius 3 is 2.31 bits per heavy atom. The number of nitrogens with zero attached hydrogens (tertiary/aromatic N) is 1. The summed E-state index contributed by atoms with van der Waals surface area (Å²) in [6.45, 7) is 6.11. The maximum atomic E-state index is 12.4. The van der Waals surface area contributed by atoms with Crippen molar-refractivity contribution in [3.05, 3.63) is 84.0 Å². The van der Waals surface area contributed by atoms with Gasteiger partial charge in [-0.15, -0.1) is 0 Å². The molecule has 0 aliphatic carbocycles. The van der Waals surface area contributed by atoms with Crippen LogP contribution in [0.1, 0.15) is 37.7 Å². The first kappa shape index (κ1) is 17.9. The van der Waals surface area contributed by atoms with Crippen molar-refractivity contribution in [1.82, 2.24) is 19.9 Å². The summed E-state index contributed by atoms with van der Waals surface area (Å²) in [5.74, 6) is 0. The Hall–Kier alpha value is -2.86. The minimum Gasteiger partial charge on any atom is -0.348 e. The van der Waals surface area contributed by atoms with Gasteiger partial charge in [0.15, 0.2) is 0 Å². The molecule has 0 unspecified atom stereocenters. The third-order valence-electron chi connectivity index (χ3n) is 3.85. The summed E-state index contributed by atoms with van der Waals surface area (Å²) in [6.07, 6.45) is 4.71. The summed E-state index contributed by atoms with van der Waals surface area (Å²) >= 11 is 5.95. The number of H-pyrrole nitrogens is 3. The number of aromatic nitrogens is 4. The van der Waals surface area contributed by atoms with E-state index in [-0.39, 0.29) is 16.1 Å². The Morgan fingerprint density at radius 1 is 1.04 bits per heavy atom. The van der Waals surface area contributed by atoms with Crippen LogP contribution in [0.2, 0.25) is 5.02 Å². The Labute approximate surface area is 154 Å². The van der Waals surface area contributed by atoms with Crippen LogP contribution in [0.25, 0.3) is 12.2 Å². The number of aromatic amines is 3. The zero-order valence-electron chi connectivity index (χ0n) is 14.7. The van der Waals surface area contributed by atoms with Crippen molar-refractivity contribution in [2.24, 2.45) is 0 Å². The summed E-state index contributed by atoms with van der Waals surface area (Å²) in [4.78, 5) is 37.3. The van der Waals surface area contributed by atoms with Gasteiger partial charge in [-0.1, -0.05) is 44.5 Å². The summed E-state index contributed by atoms with van der Waals surface area (Å²) < 4.78 is 0. The van der Waals surface area contributed by atoms with Gasteiger partial charge in [-0.3, -0.25) is 9.59 Å². The topological polar surface area (TPSA) is 94.4 Å². The molecule has 134 valence electrons. The van der Waals surface area contributed by atoms with Crippen LogP contribution < -0.4 is 21.8 Å². The van der Waals surface area contributed by atoms with E-state index in [1.807, 2.05) is 20.8 Å². The average molecular weight is 371 g/mol. The average Bonchev–Trinajstić information content (AvgIpc) is 3.01. The first-order valence-corrected chi connectivity index (χ1v) is 8.47. The van der Waals surface area contributed by atoms with Crippen LogP contribution in [0.3, 0.4) is 0 Å². The number of rotatable bonds is 2. The minimum absolute atomic E-state index is 0.149. The summed E-state index contributed by atoms with van der Waals surface area (Å²) in [5, 5.41) is 0.860. The number of hydrogen-bond acceptors (Lipinski definition) is 3. The van der Waals surface area contributed by atoms with Gasteiger partial charge in [-0.05, 0) is 29.8 Å². The predicted molar refractivity (Wildman–Crippen MR) is 103 cm³/mol. The molecule has 0 amide bonds. The number of hydrogen-bond donors (Lipinski definition) is 3. The Bertz CT molecular complexity index is 1180. The highest BCUT2D eigenvalue weighted by molar-refractivity contribution is 6.30.